The molecule has 1 aliphatic rings. The zero-order valence-corrected chi connectivity index (χ0v) is 17.6. The van der Waals surface area contributed by atoms with Crippen LogP contribution in [0.25, 0.3) is 0 Å². The van der Waals surface area contributed by atoms with Crippen LogP contribution < -0.4 is 14.8 Å². The number of carbonyl (C=O) groups excluding carboxylic acids is 1. The summed E-state index contributed by atoms with van der Waals surface area (Å²) in [6.45, 7) is 6.17. The smallest absolute Gasteiger partial charge is 0.264 e. The number of hydrogen-bond donors (Lipinski definition) is 1. The van der Waals surface area contributed by atoms with E-state index in [0.717, 1.165) is 18.4 Å². The van der Waals surface area contributed by atoms with Gasteiger partial charge in [-0.3, -0.25) is 9.48 Å². The van der Waals surface area contributed by atoms with Gasteiger partial charge >= 0.3 is 0 Å². The van der Waals surface area contributed by atoms with Crippen LogP contribution in [-0.2, 0) is 26.5 Å². The Bertz CT molecular complexity index is 1070. The maximum absolute atomic E-state index is 12.8. The van der Waals surface area contributed by atoms with Crippen LogP contribution in [0.15, 0.2) is 28.9 Å². The molecule has 4 rings (SSSR count). The molecule has 0 saturated carbocycles. The molecule has 0 aliphatic carbocycles. The van der Waals surface area contributed by atoms with Crippen molar-refractivity contribution in [2.45, 2.75) is 52.2 Å². The van der Waals surface area contributed by atoms with Gasteiger partial charge in [0.15, 0.2) is 18.2 Å². The quantitative estimate of drug-likeness (QED) is 0.636. The topological polar surface area (TPSA) is 104 Å². The van der Waals surface area contributed by atoms with E-state index in [1.807, 2.05) is 13.8 Å². The largest absolute Gasteiger partial charge is 0.487 e. The third kappa shape index (κ3) is 4.29. The van der Waals surface area contributed by atoms with Gasteiger partial charge in [-0.05, 0) is 32.4 Å². The van der Waals surface area contributed by atoms with Gasteiger partial charge < -0.3 is 19.3 Å². The summed E-state index contributed by atoms with van der Waals surface area (Å²) in [6, 6.07) is 5.18. The van der Waals surface area contributed by atoms with E-state index in [0.29, 0.717) is 41.0 Å². The summed E-state index contributed by atoms with van der Waals surface area (Å²) in [5, 5.41) is 10.9. The summed E-state index contributed by atoms with van der Waals surface area (Å²) < 4.78 is 18.9. The van der Waals surface area contributed by atoms with Crippen molar-refractivity contribution in [3.63, 3.8) is 0 Å². The van der Waals surface area contributed by atoms with Crippen LogP contribution in [0.5, 0.6) is 11.5 Å². The van der Waals surface area contributed by atoms with Crippen molar-refractivity contribution >= 4 is 11.7 Å². The Labute approximate surface area is 174 Å². The normalized spacial score (nSPS) is 14.3. The van der Waals surface area contributed by atoms with Gasteiger partial charge in [-0.25, -0.2) is 0 Å². The fourth-order valence-electron chi connectivity index (χ4n) is 3.39. The number of aromatic nitrogens is 4. The number of nitrogens with zero attached hydrogens (tertiary/aromatic N) is 4. The maximum Gasteiger partial charge on any atom is 0.264 e. The lowest BCUT2D eigenvalue weighted by Gasteiger charge is -2.16. The van der Waals surface area contributed by atoms with Crippen molar-refractivity contribution in [1.29, 1.82) is 0 Å². The molecule has 9 nitrogen and oxygen atoms in total. The van der Waals surface area contributed by atoms with Crippen LogP contribution >= 0.6 is 0 Å². The molecule has 1 N–H and O–H groups in total. The molecule has 0 bridgehead atoms. The first kappa shape index (κ1) is 19.9. The summed E-state index contributed by atoms with van der Waals surface area (Å²) in [4.78, 5) is 17.1. The monoisotopic (exact) mass is 411 g/mol. The molecule has 3 heterocycles. The minimum Gasteiger partial charge on any atom is -0.487 e. The molecule has 0 fully saturated rings. The molecule has 3 aromatic rings. The number of anilines is 1. The number of amides is 1. The lowest BCUT2D eigenvalue weighted by atomic mass is 9.99. The van der Waals surface area contributed by atoms with Crippen LogP contribution in [0.1, 0.15) is 54.8 Å². The van der Waals surface area contributed by atoms with Gasteiger partial charge in [0.25, 0.3) is 11.8 Å². The summed E-state index contributed by atoms with van der Waals surface area (Å²) in [5.74, 6) is 2.45. The van der Waals surface area contributed by atoms with Gasteiger partial charge in [-0.15, -0.1) is 0 Å². The van der Waals surface area contributed by atoms with E-state index in [-0.39, 0.29) is 18.1 Å². The minimum atomic E-state index is -0.380. The maximum atomic E-state index is 12.8. The zero-order valence-electron chi connectivity index (χ0n) is 17.6. The summed E-state index contributed by atoms with van der Waals surface area (Å²) in [5.41, 5.74) is 0.960. The van der Waals surface area contributed by atoms with Crippen LogP contribution in [0.4, 0.5) is 5.82 Å². The number of nitrogens with one attached hydrogen (secondary N) is 1. The Hall–Kier alpha value is -3.36. The minimum absolute atomic E-state index is 0.120. The van der Waals surface area contributed by atoms with E-state index in [2.05, 4.69) is 27.5 Å². The second-order valence-electron chi connectivity index (χ2n) is 7.96. The second-order valence-corrected chi connectivity index (χ2v) is 7.96. The van der Waals surface area contributed by atoms with Gasteiger partial charge in [-0.1, -0.05) is 12.1 Å². The number of carbonyl (C=O) groups is 1. The zero-order chi connectivity index (χ0) is 21.3. The van der Waals surface area contributed by atoms with Gasteiger partial charge in [0.05, 0.1) is 0 Å². The first-order chi connectivity index (χ1) is 14.3. The van der Waals surface area contributed by atoms with E-state index in [9.17, 15) is 4.79 Å². The number of ether oxygens (including phenoxy) is 2. The van der Waals surface area contributed by atoms with Crippen LogP contribution in [0.3, 0.4) is 0 Å². The third-order valence-electron chi connectivity index (χ3n) is 4.71. The van der Waals surface area contributed by atoms with Crippen LogP contribution in [0.2, 0.25) is 0 Å². The van der Waals surface area contributed by atoms with Crippen molar-refractivity contribution < 1.29 is 18.8 Å². The van der Waals surface area contributed by atoms with Crippen molar-refractivity contribution in [1.82, 2.24) is 19.9 Å². The molecular formula is C21H25N5O4. The highest BCUT2D eigenvalue weighted by Crippen LogP contribution is 2.41. The molecule has 30 heavy (non-hydrogen) atoms. The number of aryl methyl sites for hydroxylation is 2. The molecule has 0 radical (unpaired) electrons. The Morgan fingerprint density at radius 3 is 2.93 bits per heavy atom. The van der Waals surface area contributed by atoms with Crippen molar-refractivity contribution in [2.75, 3.05) is 5.32 Å². The predicted molar refractivity (Wildman–Crippen MR) is 109 cm³/mol. The predicted octanol–water partition coefficient (Wildman–Crippen LogP) is 3.30. The standard InChI is InChI=1S/C21H25N5O4/c1-5-6-18-22-19(30-25-18)12-28-15-9-13(10-16-14(15)11-21(2,3)29-16)20(27)23-17-7-8-26(4)24-17/h7-10H,5-6,11-12H2,1-4H3,(H,23,24,27). The fraction of sp³-hybridized carbons (Fsp3) is 0.429. The lowest BCUT2D eigenvalue weighted by Crippen LogP contribution is -2.24. The highest BCUT2D eigenvalue weighted by Gasteiger charge is 2.34. The van der Waals surface area contributed by atoms with Crippen LogP contribution in [0, 0.1) is 0 Å². The molecule has 2 aromatic heterocycles. The molecule has 1 amide bonds. The average molecular weight is 411 g/mol. The molecule has 0 saturated heterocycles. The van der Waals surface area contributed by atoms with E-state index in [1.54, 1.807) is 36.1 Å². The first-order valence-corrected chi connectivity index (χ1v) is 9.94. The molecule has 158 valence electrons. The van der Waals surface area contributed by atoms with E-state index < -0.39 is 0 Å². The highest BCUT2D eigenvalue weighted by atomic mass is 16.5. The van der Waals surface area contributed by atoms with Gasteiger partial charge in [-0.2, -0.15) is 10.1 Å². The van der Waals surface area contributed by atoms with E-state index >= 15 is 0 Å². The fourth-order valence-corrected chi connectivity index (χ4v) is 3.39. The number of benzene rings is 1. The molecule has 1 aliphatic heterocycles. The Morgan fingerprint density at radius 1 is 1.37 bits per heavy atom. The van der Waals surface area contributed by atoms with Gasteiger partial charge in [0.1, 0.15) is 17.1 Å². The van der Waals surface area contributed by atoms with Crippen LogP contribution in [-0.4, -0.2) is 31.4 Å². The summed E-state index contributed by atoms with van der Waals surface area (Å²) in [6.07, 6.45) is 4.12. The Morgan fingerprint density at radius 2 is 2.20 bits per heavy atom. The molecule has 0 unspecified atom stereocenters. The molecule has 9 heteroatoms. The third-order valence-corrected chi connectivity index (χ3v) is 4.71. The second kappa shape index (κ2) is 7.81. The average Bonchev–Trinajstić information content (AvgIpc) is 3.37. The molecule has 0 spiro atoms. The molecule has 1 aromatic carbocycles. The van der Waals surface area contributed by atoms with Gasteiger partial charge in [0.2, 0.25) is 0 Å². The van der Waals surface area contributed by atoms with Gasteiger partial charge in [0, 0.05) is 43.3 Å². The van der Waals surface area contributed by atoms with E-state index in [1.165, 1.54) is 0 Å². The molecule has 0 atom stereocenters. The highest BCUT2D eigenvalue weighted by molar-refractivity contribution is 6.04. The summed E-state index contributed by atoms with van der Waals surface area (Å²) in [7, 11) is 1.79. The Kier molecular flexibility index (Phi) is 5.19. The number of rotatable bonds is 7. The van der Waals surface area contributed by atoms with E-state index in [4.69, 9.17) is 14.0 Å². The van der Waals surface area contributed by atoms with Crippen molar-refractivity contribution in [3.8, 4) is 11.5 Å². The SMILES string of the molecule is CCCc1noc(COc2cc(C(=O)Nc3ccn(C)n3)cc3c2CC(C)(C)O3)n1. The molecular weight excluding hydrogens is 386 g/mol. The summed E-state index contributed by atoms with van der Waals surface area (Å²) >= 11 is 0. The van der Waals surface area contributed by atoms with Crippen molar-refractivity contribution in [2.24, 2.45) is 7.05 Å². The number of hydrogen-bond acceptors (Lipinski definition) is 7. The lowest BCUT2D eigenvalue weighted by molar-refractivity contribution is 0.102. The first-order valence-electron chi connectivity index (χ1n) is 9.94. The van der Waals surface area contributed by atoms with Crippen molar-refractivity contribution in [3.05, 3.63) is 47.2 Å². The Balaban J connectivity index is 1.57. The number of fused-ring (bicyclic) bond motifs is 1.